The maximum atomic E-state index is 10.9. The Hall–Kier alpha value is -0.990. The lowest BCUT2D eigenvalue weighted by Crippen LogP contribution is -1.98. The molecule has 0 aromatic rings. The lowest BCUT2D eigenvalue weighted by molar-refractivity contribution is -0.140. The Morgan fingerprint density at radius 1 is 0.792 bits per heavy atom. The highest BCUT2D eigenvalue weighted by Crippen LogP contribution is 2.14. The van der Waals surface area contributed by atoms with E-state index in [1.807, 2.05) is 6.08 Å². The number of hydrogen-bond donors (Lipinski definition) is 1. The number of carbonyl (C=O) groups excluding carboxylic acids is 1. The summed E-state index contributed by atoms with van der Waals surface area (Å²) < 4.78 is 4.58. The minimum atomic E-state index is -0.177. The Labute approximate surface area is 149 Å². The fourth-order valence-electron chi connectivity index (χ4n) is 2.87. The fraction of sp³-hybridized carbons (Fsp3) is 0.857. The van der Waals surface area contributed by atoms with Gasteiger partial charge in [-0.25, -0.2) is 0 Å². The first-order valence-electron chi connectivity index (χ1n) is 10.2. The molecule has 24 heavy (non-hydrogen) atoms. The summed E-state index contributed by atoms with van der Waals surface area (Å²) in [7, 11) is 1.41. The molecule has 0 radical (unpaired) electrons. The van der Waals surface area contributed by atoms with Crippen LogP contribution in [0.3, 0.4) is 0 Å². The normalized spacial score (nSPS) is 11.7. The molecule has 0 aliphatic rings. The molecule has 0 saturated heterocycles. The number of hydrogen-bond acceptors (Lipinski definition) is 3. The zero-order valence-corrected chi connectivity index (χ0v) is 16.2. The van der Waals surface area contributed by atoms with Crippen molar-refractivity contribution in [1.82, 2.24) is 0 Å². The molecule has 3 heteroatoms. The number of aliphatic hydroxyl groups excluding tert-OH is 1. The highest BCUT2D eigenvalue weighted by molar-refractivity contribution is 5.69. The molecule has 0 aliphatic carbocycles. The molecule has 0 saturated carbocycles. The molecule has 0 rings (SSSR count). The Balaban J connectivity index is 3.27. The molecular weight excluding hydrogens is 300 g/mol. The standard InChI is InChI=1S/C21H40O3/c1-3-4-5-6-7-8-9-10-11-12-13-14-17-20(22)18-15-16-19-21(23)24-2/h18,22H,3-17,19H2,1-2H3. The minimum Gasteiger partial charge on any atom is -0.513 e. The van der Waals surface area contributed by atoms with Crippen LogP contribution in [0, 0.1) is 0 Å². The number of allylic oxidation sites excluding steroid dienone is 2. The number of esters is 1. The van der Waals surface area contributed by atoms with Crippen LogP contribution in [0.2, 0.25) is 0 Å². The molecule has 1 N–H and O–H groups in total. The highest BCUT2D eigenvalue weighted by Gasteiger charge is 1.99. The Morgan fingerprint density at radius 3 is 1.79 bits per heavy atom. The summed E-state index contributed by atoms with van der Waals surface area (Å²) in [4.78, 5) is 10.9. The first kappa shape index (κ1) is 23.0. The Bertz CT molecular complexity index is 310. The fourth-order valence-corrected chi connectivity index (χ4v) is 2.87. The van der Waals surface area contributed by atoms with Crippen LogP contribution in [0.25, 0.3) is 0 Å². The van der Waals surface area contributed by atoms with Crippen molar-refractivity contribution in [2.75, 3.05) is 7.11 Å². The quantitative estimate of drug-likeness (QED) is 0.179. The van der Waals surface area contributed by atoms with Gasteiger partial charge in [-0.1, -0.05) is 77.6 Å². The maximum Gasteiger partial charge on any atom is 0.305 e. The maximum absolute atomic E-state index is 10.9. The summed E-state index contributed by atoms with van der Waals surface area (Å²) in [5.74, 6) is 0.302. The third-order valence-electron chi connectivity index (χ3n) is 4.48. The van der Waals surface area contributed by atoms with Gasteiger partial charge in [0.2, 0.25) is 0 Å². The van der Waals surface area contributed by atoms with E-state index in [9.17, 15) is 9.90 Å². The van der Waals surface area contributed by atoms with Gasteiger partial charge < -0.3 is 9.84 Å². The molecule has 0 atom stereocenters. The van der Waals surface area contributed by atoms with E-state index in [0.717, 1.165) is 25.7 Å². The van der Waals surface area contributed by atoms with Gasteiger partial charge in [0.15, 0.2) is 0 Å². The monoisotopic (exact) mass is 340 g/mol. The molecule has 142 valence electrons. The molecule has 0 spiro atoms. The second-order valence-corrected chi connectivity index (χ2v) is 6.80. The molecule has 3 nitrogen and oxygen atoms in total. The average Bonchev–Trinajstić information content (AvgIpc) is 2.59. The van der Waals surface area contributed by atoms with E-state index in [2.05, 4.69) is 11.7 Å². The summed E-state index contributed by atoms with van der Waals surface area (Å²) in [6.07, 6.45) is 20.6. The molecule has 0 unspecified atom stereocenters. The van der Waals surface area contributed by atoms with Gasteiger partial charge in [-0.05, 0) is 25.3 Å². The first-order chi connectivity index (χ1) is 11.7. The van der Waals surface area contributed by atoms with Gasteiger partial charge >= 0.3 is 5.97 Å². The Morgan fingerprint density at radius 2 is 1.29 bits per heavy atom. The predicted octanol–water partition coefficient (Wildman–Crippen LogP) is 6.86. The third-order valence-corrected chi connectivity index (χ3v) is 4.48. The smallest absolute Gasteiger partial charge is 0.305 e. The molecule has 0 fully saturated rings. The van der Waals surface area contributed by atoms with E-state index in [1.165, 1.54) is 77.7 Å². The minimum absolute atomic E-state index is 0.177. The molecule has 0 aliphatic heterocycles. The van der Waals surface area contributed by atoms with Crippen LogP contribution in [0.15, 0.2) is 11.8 Å². The van der Waals surface area contributed by atoms with Gasteiger partial charge in [0.05, 0.1) is 12.9 Å². The van der Waals surface area contributed by atoms with Crippen LogP contribution in [0.5, 0.6) is 0 Å². The first-order valence-corrected chi connectivity index (χ1v) is 10.2. The summed E-state index contributed by atoms with van der Waals surface area (Å²) in [6.45, 7) is 2.26. The Kier molecular flexibility index (Phi) is 17.6. The van der Waals surface area contributed by atoms with E-state index in [4.69, 9.17) is 0 Å². The second kappa shape index (κ2) is 18.4. The van der Waals surface area contributed by atoms with E-state index in [0.29, 0.717) is 12.2 Å². The van der Waals surface area contributed by atoms with Crippen molar-refractivity contribution in [3.8, 4) is 0 Å². The lowest BCUT2D eigenvalue weighted by Gasteiger charge is -2.03. The van der Waals surface area contributed by atoms with Crippen molar-refractivity contribution < 1.29 is 14.6 Å². The van der Waals surface area contributed by atoms with Gasteiger partial charge in [0, 0.05) is 12.8 Å². The van der Waals surface area contributed by atoms with Crippen molar-refractivity contribution in [2.45, 2.75) is 110 Å². The van der Waals surface area contributed by atoms with E-state index in [-0.39, 0.29) is 5.97 Å². The van der Waals surface area contributed by atoms with Crippen LogP contribution < -0.4 is 0 Å². The zero-order valence-electron chi connectivity index (χ0n) is 16.2. The van der Waals surface area contributed by atoms with Gasteiger partial charge in [-0.3, -0.25) is 4.79 Å². The molecular formula is C21H40O3. The molecule has 0 bridgehead atoms. The van der Waals surface area contributed by atoms with E-state index >= 15 is 0 Å². The van der Waals surface area contributed by atoms with Gasteiger partial charge in [-0.15, -0.1) is 0 Å². The highest BCUT2D eigenvalue weighted by atomic mass is 16.5. The predicted molar refractivity (Wildman–Crippen MR) is 102 cm³/mol. The SMILES string of the molecule is CCCCCCCCCCCCCCC(O)=CCCCC(=O)OC. The van der Waals surface area contributed by atoms with Crippen molar-refractivity contribution in [3.05, 3.63) is 11.8 Å². The summed E-state index contributed by atoms with van der Waals surface area (Å²) in [6, 6.07) is 0. The second-order valence-electron chi connectivity index (χ2n) is 6.80. The zero-order chi connectivity index (χ0) is 17.9. The van der Waals surface area contributed by atoms with Crippen LogP contribution in [0.1, 0.15) is 110 Å². The van der Waals surface area contributed by atoms with Crippen molar-refractivity contribution in [2.24, 2.45) is 0 Å². The van der Waals surface area contributed by atoms with E-state index < -0.39 is 0 Å². The molecule has 0 aromatic heterocycles. The lowest BCUT2D eigenvalue weighted by atomic mass is 10.0. The van der Waals surface area contributed by atoms with Gasteiger partial charge in [-0.2, -0.15) is 0 Å². The van der Waals surface area contributed by atoms with Crippen LogP contribution >= 0.6 is 0 Å². The summed E-state index contributed by atoms with van der Waals surface area (Å²) >= 11 is 0. The van der Waals surface area contributed by atoms with Crippen LogP contribution in [0.4, 0.5) is 0 Å². The van der Waals surface area contributed by atoms with Crippen LogP contribution in [-0.2, 0) is 9.53 Å². The number of methoxy groups -OCH3 is 1. The number of ether oxygens (including phenoxy) is 1. The van der Waals surface area contributed by atoms with Crippen molar-refractivity contribution >= 4 is 5.97 Å². The van der Waals surface area contributed by atoms with Gasteiger partial charge in [0.25, 0.3) is 0 Å². The topological polar surface area (TPSA) is 46.5 Å². The largest absolute Gasteiger partial charge is 0.513 e. The van der Waals surface area contributed by atoms with Crippen molar-refractivity contribution in [1.29, 1.82) is 0 Å². The summed E-state index contributed by atoms with van der Waals surface area (Å²) in [5.41, 5.74) is 0. The number of aliphatic hydroxyl groups is 1. The summed E-state index contributed by atoms with van der Waals surface area (Å²) in [5, 5.41) is 9.78. The van der Waals surface area contributed by atoms with E-state index in [1.54, 1.807) is 0 Å². The number of carbonyl (C=O) groups is 1. The van der Waals surface area contributed by atoms with Crippen LogP contribution in [-0.4, -0.2) is 18.2 Å². The third kappa shape index (κ3) is 17.4. The van der Waals surface area contributed by atoms with Crippen molar-refractivity contribution in [3.63, 3.8) is 0 Å². The average molecular weight is 341 g/mol. The van der Waals surface area contributed by atoms with Gasteiger partial charge in [0.1, 0.15) is 0 Å². The molecule has 0 aromatic carbocycles. The molecule has 0 amide bonds. The molecule has 0 heterocycles. The number of unbranched alkanes of at least 4 members (excludes halogenated alkanes) is 12. The number of rotatable bonds is 17.